The molecule has 0 heterocycles. The summed E-state index contributed by atoms with van der Waals surface area (Å²) in [6.07, 6.45) is 92.2. The highest BCUT2D eigenvalue weighted by Crippen LogP contribution is 2.43. The van der Waals surface area contributed by atoms with Crippen LogP contribution in [0.15, 0.2) is 60.8 Å². The Labute approximate surface area is 546 Å². The number of phosphoric acid groups is 1. The van der Waals surface area contributed by atoms with Crippen LogP contribution in [0.2, 0.25) is 0 Å². The molecule has 9 nitrogen and oxygen atoms in total. The Morgan fingerprint density at radius 3 is 0.909 bits per heavy atom. The second kappa shape index (κ2) is 69.1. The van der Waals surface area contributed by atoms with Gasteiger partial charge in [-0.2, -0.15) is 0 Å². The number of esters is 2. The first-order chi connectivity index (χ1) is 43.0. The van der Waals surface area contributed by atoms with Gasteiger partial charge >= 0.3 is 19.8 Å². The fraction of sp³-hybridized carbons (Fsp3) is 0.846. The molecule has 0 spiro atoms. The van der Waals surface area contributed by atoms with Crippen LogP contribution in [-0.4, -0.2) is 74.9 Å². The normalized spacial score (nSPS) is 13.4. The quantitative estimate of drug-likeness (QED) is 0.0211. The molecule has 0 aliphatic rings. The van der Waals surface area contributed by atoms with Crippen molar-refractivity contribution in [3.8, 4) is 0 Å². The third-order valence-corrected chi connectivity index (χ3v) is 18.0. The van der Waals surface area contributed by atoms with E-state index in [0.29, 0.717) is 23.9 Å². The van der Waals surface area contributed by atoms with Gasteiger partial charge < -0.3 is 18.9 Å². The highest BCUT2D eigenvalue weighted by atomic mass is 31.2. The Balaban J connectivity index is 3.89. The lowest BCUT2D eigenvalue weighted by atomic mass is 10.0. The van der Waals surface area contributed by atoms with Crippen molar-refractivity contribution < 1.29 is 42.1 Å². The van der Waals surface area contributed by atoms with Crippen LogP contribution >= 0.6 is 7.82 Å². The zero-order chi connectivity index (χ0) is 64.1. The van der Waals surface area contributed by atoms with Crippen LogP contribution in [0, 0.1) is 0 Å². The molecule has 0 aromatic rings. The van der Waals surface area contributed by atoms with E-state index in [4.69, 9.17) is 18.5 Å². The van der Waals surface area contributed by atoms with Gasteiger partial charge in [-0.25, -0.2) is 4.57 Å². The van der Waals surface area contributed by atoms with E-state index in [2.05, 4.69) is 74.6 Å². The maximum Gasteiger partial charge on any atom is 0.472 e. The van der Waals surface area contributed by atoms with Gasteiger partial charge in [0.05, 0.1) is 27.7 Å². The lowest BCUT2D eigenvalue weighted by molar-refractivity contribution is -0.870. The third-order valence-electron chi connectivity index (χ3n) is 17.0. The molecule has 0 fully saturated rings. The average molecular weight is 1260 g/mol. The Bertz CT molecular complexity index is 1670. The molecule has 0 aromatic heterocycles. The number of hydrogen-bond donors (Lipinski definition) is 1. The van der Waals surface area contributed by atoms with Gasteiger partial charge in [-0.15, -0.1) is 0 Å². The standard InChI is InChI=1S/C78H146NO8P/c1-6-8-10-12-14-16-18-20-22-24-26-28-30-31-32-33-34-35-36-37-38-39-40-41-42-43-44-45-46-47-49-50-52-54-56-58-60-62-64-66-68-70-77(80)84-74-76(75-86-88(82,83)85-73-72-79(3,4)5)87-78(81)71-69-67-65-63-61-59-57-55-53-51-48-29-27-25-23-21-19-17-15-13-11-9-7-2/h18-21,24-27,48,51,76H,6-17,22-23,28-47,49-50,52-75H2,1-5H3/p+1/b20-18-,21-19-,26-24-,27-25-,51-48-. The average Bonchev–Trinajstić information content (AvgIpc) is 3.68. The molecule has 1 N–H and O–H groups in total. The number of nitrogens with zero attached hydrogens (tertiary/aromatic N) is 1. The number of carbonyl (C=O) groups is 2. The predicted molar refractivity (Wildman–Crippen MR) is 381 cm³/mol. The molecule has 2 atom stereocenters. The molecule has 0 aliphatic carbocycles. The molecule has 0 aliphatic heterocycles. The van der Waals surface area contributed by atoms with E-state index in [0.717, 1.165) is 64.2 Å². The van der Waals surface area contributed by atoms with Crippen LogP contribution in [0.4, 0.5) is 0 Å². The van der Waals surface area contributed by atoms with Crippen molar-refractivity contribution in [1.82, 2.24) is 0 Å². The SMILES string of the molecule is CCCCCCC/C=C\C/C=C\C/C=C\CCCCCCCCCCC(=O)OC(COC(=O)CCCCCCCCCCCCCCCCCCCCCCCCCCCCCCC/C=C\C/C=C\CCCCCCC)COP(=O)(O)OCC[N+](C)(C)C. The van der Waals surface area contributed by atoms with Crippen LogP contribution in [0.3, 0.4) is 0 Å². The zero-order valence-electron chi connectivity index (χ0n) is 59.0. The number of rotatable bonds is 71. The van der Waals surface area contributed by atoms with E-state index in [1.54, 1.807) is 0 Å². The minimum Gasteiger partial charge on any atom is -0.462 e. The van der Waals surface area contributed by atoms with E-state index >= 15 is 0 Å². The molecule has 2 unspecified atom stereocenters. The van der Waals surface area contributed by atoms with Crippen molar-refractivity contribution in [2.45, 2.75) is 380 Å². The maximum atomic E-state index is 12.9. The van der Waals surface area contributed by atoms with Gasteiger partial charge in [0.1, 0.15) is 19.8 Å². The highest BCUT2D eigenvalue weighted by molar-refractivity contribution is 7.47. The molecule has 10 heteroatoms. The number of hydrogen-bond acceptors (Lipinski definition) is 7. The topological polar surface area (TPSA) is 108 Å². The number of unbranched alkanes of at least 4 members (excludes halogenated alkanes) is 47. The molecule has 0 radical (unpaired) electrons. The second-order valence-electron chi connectivity index (χ2n) is 27.0. The smallest absolute Gasteiger partial charge is 0.462 e. The summed E-state index contributed by atoms with van der Waals surface area (Å²) in [5.41, 5.74) is 0. The fourth-order valence-electron chi connectivity index (χ4n) is 11.2. The lowest BCUT2D eigenvalue weighted by Crippen LogP contribution is -2.37. The van der Waals surface area contributed by atoms with E-state index in [1.807, 2.05) is 21.1 Å². The van der Waals surface area contributed by atoms with E-state index in [1.165, 1.54) is 276 Å². The first-order valence-corrected chi connectivity index (χ1v) is 39.5. The first kappa shape index (κ1) is 85.7. The van der Waals surface area contributed by atoms with Gasteiger partial charge in [0, 0.05) is 12.8 Å². The van der Waals surface area contributed by atoms with Crippen molar-refractivity contribution in [3.05, 3.63) is 60.8 Å². The molecule has 0 aromatic carbocycles. The molecule has 0 rings (SSSR count). The van der Waals surface area contributed by atoms with Gasteiger partial charge in [-0.1, -0.05) is 338 Å². The summed E-state index contributed by atoms with van der Waals surface area (Å²) in [6.45, 7) is 4.45. The van der Waals surface area contributed by atoms with Crippen molar-refractivity contribution in [2.24, 2.45) is 0 Å². The summed E-state index contributed by atoms with van der Waals surface area (Å²) < 4.78 is 34.7. The van der Waals surface area contributed by atoms with Crippen LogP contribution in [-0.2, 0) is 32.7 Å². The number of phosphoric ester groups is 1. The number of allylic oxidation sites excluding steroid dienone is 10. The molecule has 516 valence electrons. The van der Waals surface area contributed by atoms with Gasteiger partial charge in [0.25, 0.3) is 0 Å². The lowest BCUT2D eigenvalue weighted by Gasteiger charge is -2.24. The van der Waals surface area contributed by atoms with Gasteiger partial charge in [-0.05, 0) is 83.5 Å². The summed E-state index contributed by atoms with van der Waals surface area (Å²) >= 11 is 0. The second-order valence-corrected chi connectivity index (χ2v) is 28.5. The third kappa shape index (κ3) is 72.8. The van der Waals surface area contributed by atoms with E-state index in [-0.39, 0.29) is 25.6 Å². The van der Waals surface area contributed by atoms with Crippen molar-refractivity contribution in [2.75, 3.05) is 47.5 Å². The number of ether oxygens (including phenoxy) is 2. The molecule has 0 bridgehead atoms. The van der Waals surface area contributed by atoms with Crippen molar-refractivity contribution in [3.63, 3.8) is 0 Å². The van der Waals surface area contributed by atoms with Crippen LogP contribution in [0.1, 0.15) is 373 Å². The summed E-state index contributed by atoms with van der Waals surface area (Å²) in [6, 6.07) is 0. The molecule has 0 saturated heterocycles. The van der Waals surface area contributed by atoms with Crippen molar-refractivity contribution in [1.29, 1.82) is 0 Å². The van der Waals surface area contributed by atoms with E-state index < -0.39 is 26.5 Å². The van der Waals surface area contributed by atoms with Crippen LogP contribution < -0.4 is 0 Å². The summed E-state index contributed by atoms with van der Waals surface area (Å²) in [4.78, 5) is 35.9. The minimum atomic E-state index is -4.39. The largest absolute Gasteiger partial charge is 0.472 e. The van der Waals surface area contributed by atoms with Gasteiger partial charge in [0.15, 0.2) is 6.10 Å². The maximum absolute atomic E-state index is 12.9. The number of likely N-dealkylation sites (N-methyl/N-ethyl adjacent to an activating group) is 1. The summed E-state index contributed by atoms with van der Waals surface area (Å²) in [5.74, 6) is -0.790. The fourth-order valence-corrected chi connectivity index (χ4v) is 11.9. The monoisotopic (exact) mass is 1260 g/mol. The Morgan fingerprint density at radius 2 is 0.614 bits per heavy atom. The Kier molecular flexibility index (Phi) is 67.3. The number of quaternary nitrogens is 1. The van der Waals surface area contributed by atoms with Crippen LogP contribution in [0.25, 0.3) is 0 Å². The molecule has 0 saturated carbocycles. The summed E-state index contributed by atoms with van der Waals surface area (Å²) in [5, 5.41) is 0. The molecular formula is C78H147NO8P+. The van der Waals surface area contributed by atoms with Crippen molar-refractivity contribution >= 4 is 19.8 Å². The molecule has 0 amide bonds. The van der Waals surface area contributed by atoms with E-state index in [9.17, 15) is 19.0 Å². The molecular weight excluding hydrogens is 1110 g/mol. The summed E-state index contributed by atoms with van der Waals surface area (Å²) in [7, 11) is 1.48. The minimum absolute atomic E-state index is 0.0305. The van der Waals surface area contributed by atoms with Gasteiger partial charge in [-0.3, -0.25) is 18.6 Å². The van der Waals surface area contributed by atoms with Crippen LogP contribution in [0.5, 0.6) is 0 Å². The first-order valence-electron chi connectivity index (χ1n) is 38.0. The predicted octanol–water partition coefficient (Wildman–Crippen LogP) is 24.9. The number of carbonyl (C=O) groups excluding carboxylic acids is 2. The Morgan fingerprint density at radius 1 is 0.352 bits per heavy atom. The zero-order valence-corrected chi connectivity index (χ0v) is 59.9. The highest BCUT2D eigenvalue weighted by Gasteiger charge is 2.27. The molecule has 88 heavy (non-hydrogen) atoms. The Hall–Kier alpha value is -2.29. The van der Waals surface area contributed by atoms with Gasteiger partial charge in [0.2, 0.25) is 0 Å².